The predicted molar refractivity (Wildman–Crippen MR) is 90.0 cm³/mol. The number of anilines is 1. The van der Waals surface area contributed by atoms with E-state index in [-0.39, 0.29) is 0 Å². The molecule has 3 heterocycles. The van der Waals surface area contributed by atoms with Crippen LogP contribution in [0.2, 0.25) is 0 Å². The Morgan fingerprint density at radius 2 is 2.04 bits per heavy atom. The Bertz CT molecular complexity index is 864. The summed E-state index contributed by atoms with van der Waals surface area (Å²) >= 11 is 1.57. The van der Waals surface area contributed by atoms with Crippen LogP contribution in [0.15, 0.2) is 48.1 Å². The van der Waals surface area contributed by atoms with Crippen molar-refractivity contribution in [3.8, 4) is 0 Å². The summed E-state index contributed by atoms with van der Waals surface area (Å²) in [4.78, 5) is 23.7. The summed E-state index contributed by atoms with van der Waals surface area (Å²) in [5.41, 5.74) is -0.0280. The van der Waals surface area contributed by atoms with Gasteiger partial charge in [-0.2, -0.15) is 0 Å². The Balaban J connectivity index is 1.75. The van der Waals surface area contributed by atoms with Crippen LogP contribution in [0.1, 0.15) is 12.0 Å². The number of fused-ring (bicyclic) bond motifs is 1. The highest BCUT2D eigenvalue weighted by Crippen LogP contribution is 2.38. The molecule has 0 bridgehead atoms. The van der Waals surface area contributed by atoms with Gasteiger partial charge in [0.1, 0.15) is 22.4 Å². The summed E-state index contributed by atoms with van der Waals surface area (Å²) in [6.45, 7) is 1.09. The molecular weight excluding hydrogens is 310 g/mol. The molecule has 23 heavy (non-hydrogen) atoms. The number of carboxylic acids is 1. The maximum atomic E-state index is 12.1. The quantitative estimate of drug-likeness (QED) is 0.802. The largest absolute Gasteiger partial charge is 0.481 e. The molecule has 1 aliphatic heterocycles. The van der Waals surface area contributed by atoms with E-state index in [2.05, 4.69) is 14.9 Å². The summed E-state index contributed by atoms with van der Waals surface area (Å²) < 4.78 is 0. The topological polar surface area (TPSA) is 66.3 Å². The van der Waals surface area contributed by atoms with Crippen LogP contribution in [0, 0.1) is 0 Å². The molecule has 0 aliphatic carbocycles. The highest BCUT2D eigenvalue weighted by atomic mass is 32.1. The van der Waals surface area contributed by atoms with Crippen LogP contribution >= 0.6 is 11.3 Å². The molecule has 1 aliphatic rings. The van der Waals surface area contributed by atoms with E-state index in [0.717, 1.165) is 21.6 Å². The highest BCUT2D eigenvalue weighted by Gasteiger charge is 2.46. The van der Waals surface area contributed by atoms with E-state index in [1.54, 1.807) is 17.7 Å². The summed E-state index contributed by atoms with van der Waals surface area (Å²) in [5.74, 6) is 0.0529. The van der Waals surface area contributed by atoms with Crippen molar-refractivity contribution in [3.05, 3.63) is 53.7 Å². The zero-order valence-corrected chi connectivity index (χ0v) is 13.2. The van der Waals surface area contributed by atoms with Crippen LogP contribution in [-0.4, -0.2) is 34.1 Å². The van der Waals surface area contributed by atoms with Crippen molar-refractivity contribution >= 4 is 33.3 Å². The zero-order chi connectivity index (χ0) is 15.9. The fraction of sp³-hybridized carbons (Fsp3) is 0.235. The Morgan fingerprint density at radius 3 is 2.83 bits per heavy atom. The van der Waals surface area contributed by atoms with E-state index in [4.69, 9.17) is 0 Å². The van der Waals surface area contributed by atoms with E-state index < -0.39 is 11.4 Å². The SMILES string of the molecule is O=C(O)C1(c2ccccc2)CCN(c2ncnc3sccc23)C1. The molecule has 1 saturated heterocycles. The van der Waals surface area contributed by atoms with E-state index in [0.29, 0.717) is 19.5 Å². The van der Waals surface area contributed by atoms with Gasteiger partial charge in [-0.3, -0.25) is 4.79 Å². The molecule has 0 radical (unpaired) electrons. The van der Waals surface area contributed by atoms with Crippen LogP contribution in [0.3, 0.4) is 0 Å². The molecule has 2 aromatic heterocycles. The number of thiophene rings is 1. The number of carbonyl (C=O) groups is 1. The summed E-state index contributed by atoms with van der Waals surface area (Å²) in [6.07, 6.45) is 2.12. The first-order chi connectivity index (χ1) is 11.2. The number of hydrogen-bond donors (Lipinski definition) is 1. The van der Waals surface area contributed by atoms with Gasteiger partial charge in [0.2, 0.25) is 0 Å². The van der Waals surface area contributed by atoms with Gasteiger partial charge in [0.05, 0.1) is 5.39 Å². The van der Waals surface area contributed by atoms with E-state index >= 15 is 0 Å². The van der Waals surface area contributed by atoms with Gasteiger partial charge < -0.3 is 10.0 Å². The minimum atomic E-state index is -0.880. The molecule has 0 saturated carbocycles. The summed E-state index contributed by atoms with van der Waals surface area (Å²) in [6, 6.07) is 11.5. The first kappa shape index (κ1) is 14.1. The van der Waals surface area contributed by atoms with E-state index in [9.17, 15) is 9.90 Å². The Kier molecular flexibility index (Phi) is 3.27. The molecule has 3 aromatic rings. The first-order valence-electron chi connectivity index (χ1n) is 7.43. The van der Waals surface area contributed by atoms with Crippen LogP contribution in [0.25, 0.3) is 10.2 Å². The van der Waals surface area contributed by atoms with Gasteiger partial charge in [-0.15, -0.1) is 11.3 Å². The number of benzene rings is 1. The van der Waals surface area contributed by atoms with Crippen molar-refractivity contribution in [3.63, 3.8) is 0 Å². The lowest BCUT2D eigenvalue weighted by atomic mass is 9.80. The lowest BCUT2D eigenvalue weighted by Gasteiger charge is -2.25. The Morgan fingerprint density at radius 1 is 1.22 bits per heavy atom. The third-order valence-electron chi connectivity index (χ3n) is 4.55. The van der Waals surface area contributed by atoms with Crippen LogP contribution in [-0.2, 0) is 10.2 Å². The molecule has 1 aromatic carbocycles. The Hall–Kier alpha value is -2.47. The summed E-state index contributed by atoms with van der Waals surface area (Å²) in [5, 5.41) is 12.9. The Labute approximate surface area is 137 Å². The highest BCUT2D eigenvalue weighted by molar-refractivity contribution is 7.16. The van der Waals surface area contributed by atoms with Crippen molar-refractivity contribution in [1.82, 2.24) is 9.97 Å². The van der Waals surface area contributed by atoms with E-state index in [1.165, 1.54) is 0 Å². The third-order valence-corrected chi connectivity index (χ3v) is 5.37. The predicted octanol–water partition coefficient (Wildman–Crippen LogP) is 2.92. The van der Waals surface area contributed by atoms with Crippen LogP contribution < -0.4 is 4.90 Å². The van der Waals surface area contributed by atoms with Gasteiger partial charge in [-0.1, -0.05) is 30.3 Å². The first-order valence-corrected chi connectivity index (χ1v) is 8.31. The molecule has 1 atom stereocenters. The lowest BCUT2D eigenvalue weighted by Crippen LogP contribution is -2.39. The fourth-order valence-electron chi connectivity index (χ4n) is 3.31. The molecule has 0 amide bonds. The fourth-order valence-corrected chi connectivity index (χ4v) is 4.04. The molecule has 0 spiro atoms. The molecule has 116 valence electrons. The van der Waals surface area contributed by atoms with Gasteiger partial charge in [-0.05, 0) is 23.4 Å². The van der Waals surface area contributed by atoms with E-state index in [1.807, 2.05) is 41.8 Å². The minimum Gasteiger partial charge on any atom is -0.481 e. The average molecular weight is 325 g/mol. The number of nitrogens with zero attached hydrogens (tertiary/aromatic N) is 3. The maximum Gasteiger partial charge on any atom is 0.316 e. The molecule has 1 fully saturated rings. The maximum absolute atomic E-state index is 12.1. The van der Waals surface area contributed by atoms with Crippen molar-refractivity contribution in [2.75, 3.05) is 18.0 Å². The second kappa shape index (κ2) is 5.31. The number of rotatable bonds is 3. The smallest absolute Gasteiger partial charge is 0.316 e. The van der Waals surface area contributed by atoms with Crippen molar-refractivity contribution in [1.29, 1.82) is 0 Å². The number of hydrogen-bond acceptors (Lipinski definition) is 5. The average Bonchev–Trinajstić information content (AvgIpc) is 3.23. The molecule has 6 heteroatoms. The third kappa shape index (κ3) is 2.17. The number of aromatic nitrogens is 2. The van der Waals surface area contributed by atoms with Crippen LogP contribution in [0.4, 0.5) is 5.82 Å². The van der Waals surface area contributed by atoms with Gasteiger partial charge in [0.15, 0.2) is 0 Å². The number of carboxylic acid groups (broad SMARTS) is 1. The molecule has 5 nitrogen and oxygen atoms in total. The van der Waals surface area contributed by atoms with Crippen LogP contribution in [0.5, 0.6) is 0 Å². The lowest BCUT2D eigenvalue weighted by molar-refractivity contribution is -0.143. The molecule has 4 rings (SSSR count). The zero-order valence-electron chi connectivity index (χ0n) is 12.3. The minimum absolute atomic E-state index is 0.425. The van der Waals surface area contributed by atoms with Crippen molar-refractivity contribution in [2.24, 2.45) is 0 Å². The normalized spacial score (nSPS) is 21.0. The van der Waals surface area contributed by atoms with Gasteiger partial charge in [0.25, 0.3) is 0 Å². The molecular formula is C17H15N3O2S. The monoisotopic (exact) mass is 325 g/mol. The van der Waals surface area contributed by atoms with Gasteiger partial charge in [0, 0.05) is 13.1 Å². The number of aliphatic carboxylic acids is 1. The van der Waals surface area contributed by atoms with Crippen molar-refractivity contribution < 1.29 is 9.90 Å². The summed E-state index contributed by atoms with van der Waals surface area (Å²) in [7, 11) is 0. The van der Waals surface area contributed by atoms with Gasteiger partial charge >= 0.3 is 5.97 Å². The molecule has 1 unspecified atom stereocenters. The standard InChI is InChI=1S/C17H15N3O2S/c21-16(22)17(12-4-2-1-3-5-12)7-8-20(10-17)14-13-6-9-23-15(13)19-11-18-14/h1-6,9,11H,7-8,10H2,(H,21,22). The van der Waals surface area contributed by atoms with Gasteiger partial charge in [-0.25, -0.2) is 9.97 Å². The second-order valence-electron chi connectivity index (χ2n) is 5.76. The van der Waals surface area contributed by atoms with Crippen molar-refractivity contribution in [2.45, 2.75) is 11.8 Å². The molecule has 1 N–H and O–H groups in total. The second-order valence-corrected chi connectivity index (χ2v) is 6.66.